The molecule has 0 rings (SSSR count). The fourth-order valence-corrected chi connectivity index (χ4v) is 3.24. The zero-order chi connectivity index (χ0) is 14.2. The lowest BCUT2D eigenvalue weighted by atomic mass is 10.2. The molecule has 0 aliphatic heterocycles. The maximum Gasteiger partial charge on any atom is 0.591 e. The number of hydrogen-bond donors (Lipinski definition) is 0. The summed E-state index contributed by atoms with van der Waals surface area (Å²) in [6.45, 7) is 14.2. The average molecular weight is 272 g/mol. The summed E-state index contributed by atoms with van der Waals surface area (Å²) in [5.41, 5.74) is 2.65. The van der Waals surface area contributed by atoms with Crippen molar-refractivity contribution in [1.29, 1.82) is 0 Å². The van der Waals surface area contributed by atoms with E-state index in [2.05, 4.69) is 47.1 Å². The van der Waals surface area contributed by atoms with Gasteiger partial charge >= 0.3 is 8.80 Å². The van der Waals surface area contributed by atoms with E-state index in [1.54, 1.807) is 0 Å². The molecule has 0 radical (unpaired) electrons. The maximum atomic E-state index is 5.80. The van der Waals surface area contributed by atoms with Crippen LogP contribution in [0.25, 0.3) is 0 Å². The molecule has 0 aromatic heterocycles. The molecule has 0 aromatic rings. The molecule has 0 bridgehead atoms. The van der Waals surface area contributed by atoms with Crippen LogP contribution in [0.4, 0.5) is 0 Å². The third kappa shape index (κ3) is 7.88. The first-order chi connectivity index (χ1) is 8.31. The molecular weight excluding hydrogens is 244 g/mol. The predicted molar refractivity (Wildman–Crippen MR) is 77.0 cm³/mol. The van der Waals surface area contributed by atoms with Gasteiger partial charge in [0.15, 0.2) is 0 Å². The molecule has 4 heteroatoms. The minimum atomic E-state index is -2.93. The van der Waals surface area contributed by atoms with Crippen LogP contribution in [0.15, 0.2) is 0 Å². The average Bonchev–Trinajstić information content (AvgIpc) is 2.28. The van der Waals surface area contributed by atoms with E-state index in [1.165, 1.54) is 0 Å². The van der Waals surface area contributed by atoms with Gasteiger partial charge in [-0.15, -0.1) is 6.42 Å². The normalized spacial score (nSPS) is 12.4. The van der Waals surface area contributed by atoms with Gasteiger partial charge in [0.1, 0.15) is 0 Å². The van der Waals surface area contributed by atoms with Crippen LogP contribution in [0, 0.1) is 29.7 Å². The third-order valence-electron chi connectivity index (χ3n) is 2.00. The van der Waals surface area contributed by atoms with Crippen LogP contribution in [0.5, 0.6) is 0 Å². The Morgan fingerprint density at radius 1 is 0.778 bits per heavy atom. The van der Waals surface area contributed by atoms with E-state index in [1.807, 2.05) is 0 Å². The number of terminal acetylenes is 1. The van der Waals surface area contributed by atoms with E-state index in [-0.39, 0.29) is 0 Å². The van der Waals surface area contributed by atoms with Crippen LogP contribution < -0.4 is 0 Å². The largest absolute Gasteiger partial charge is 0.591 e. The van der Waals surface area contributed by atoms with Crippen molar-refractivity contribution in [2.75, 3.05) is 19.8 Å². The van der Waals surface area contributed by atoms with Crippen molar-refractivity contribution in [2.24, 2.45) is 17.8 Å². The molecule has 0 saturated heterocycles. The molecule has 106 valence electrons. The summed E-state index contributed by atoms with van der Waals surface area (Å²) in [7, 11) is -2.93. The van der Waals surface area contributed by atoms with Gasteiger partial charge in [0.25, 0.3) is 0 Å². The minimum Gasteiger partial charge on any atom is -0.364 e. The molecule has 0 amide bonds. The summed E-state index contributed by atoms with van der Waals surface area (Å²) in [5, 5.41) is 0. The van der Waals surface area contributed by atoms with E-state index >= 15 is 0 Å². The molecule has 0 spiro atoms. The molecular formula is C14H28O3Si. The van der Waals surface area contributed by atoms with Crippen LogP contribution in [0.2, 0.25) is 0 Å². The Morgan fingerprint density at radius 3 is 1.22 bits per heavy atom. The topological polar surface area (TPSA) is 27.7 Å². The van der Waals surface area contributed by atoms with Crippen LogP contribution in [0.1, 0.15) is 41.5 Å². The van der Waals surface area contributed by atoms with Gasteiger partial charge in [-0.1, -0.05) is 41.5 Å². The highest BCUT2D eigenvalue weighted by atomic mass is 28.4. The van der Waals surface area contributed by atoms with Gasteiger partial charge < -0.3 is 13.3 Å². The van der Waals surface area contributed by atoms with Gasteiger partial charge in [-0.25, -0.2) is 0 Å². The zero-order valence-electron chi connectivity index (χ0n) is 12.7. The van der Waals surface area contributed by atoms with Crippen molar-refractivity contribution >= 4 is 8.80 Å². The highest BCUT2D eigenvalue weighted by Crippen LogP contribution is 2.14. The standard InChI is InChI=1S/C14H28O3Si/c1-8-18(15-9-12(2)3,16-10-13(4)5)17-11-14(6)7/h1,12-14H,9-11H2,2-7H3. The fourth-order valence-electron chi connectivity index (χ4n) is 1.08. The number of hydrogen-bond acceptors (Lipinski definition) is 3. The second-order valence-corrected chi connectivity index (χ2v) is 8.08. The fraction of sp³-hybridized carbons (Fsp3) is 0.857. The summed E-state index contributed by atoms with van der Waals surface area (Å²) in [4.78, 5) is 0. The Balaban J connectivity index is 4.56. The van der Waals surface area contributed by atoms with Gasteiger partial charge in [0.05, 0.1) is 0 Å². The summed E-state index contributed by atoms with van der Waals surface area (Å²) in [6.07, 6.45) is 5.60. The van der Waals surface area contributed by atoms with Gasteiger partial charge in [-0.05, 0) is 23.3 Å². The first-order valence-corrected chi connectivity index (χ1v) is 8.43. The second-order valence-electron chi connectivity index (χ2n) is 5.82. The van der Waals surface area contributed by atoms with Crippen LogP contribution in [0.3, 0.4) is 0 Å². The Hall–Kier alpha value is -0.343. The Labute approximate surface area is 114 Å². The van der Waals surface area contributed by atoms with E-state index in [0.29, 0.717) is 37.6 Å². The molecule has 3 nitrogen and oxygen atoms in total. The molecule has 0 saturated carbocycles. The Kier molecular flexibility index (Phi) is 8.54. The van der Waals surface area contributed by atoms with Crippen molar-refractivity contribution in [2.45, 2.75) is 41.5 Å². The van der Waals surface area contributed by atoms with Gasteiger partial charge in [0, 0.05) is 19.8 Å². The number of rotatable bonds is 9. The molecule has 0 unspecified atom stereocenters. The first-order valence-electron chi connectivity index (χ1n) is 6.71. The van der Waals surface area contributed by atoms with Gasteiger partial charge in [0.2, 0.25) is 0 Å². The summed E-state index contributed by atoms with van der Waals surface area (Å²) >= 11 is 0. The molecule has 0 heterocycles. The second kappa shape index (κ2) is 8.71. The van der Waals surface area contributed by atoms with Crippen molar-refractivity contribution in [3.8, 4) is 12.0 Å². The van der Waals surface area contributed by atoms with E-state index in [0.717, 1.165) is 0 Å². The quantitative estimate of drug-likeness (QED) is 0.477. The van der Waals surface area contributed by atoms with Crippen molar-refractivity contribution in [3.05, 3.63) is 0 Å². The monoisotopic (exact) mass is 272 g/mol. The zero-order valence-corrected chi connectivity index (χ0v) is 13.7. The highest BCUT2D eigenvalue weighted by Gasteiger charge is 2.40. The lowest BCUT2D eigenvalue weighted by Crippen LogP contribution is -2.47. The van der Waals surface area contributed by atoms with E-state index in [9.17, 15) is 0 Å². The summed E-state index contributed by atoms with van der Waals surface area (Å²) < 4.78 is 17.4. The van der Waals surface area contributed by atoms with Gasteiger partial charge in [-0.2, -0.15) is 0 Å². The Bertz CT molecular complexity index is 225. The maximum absolute atomic E-state index is 5.80. The van der Waals surface area contributed by atoms with Crippen LogP contribution in [-0.4, -0.2) is 28.6 Å². The molecule has 0 N–H and O–H groups in total. The minimum absolute atomic E-state index is 0.413. The molecule has 0 atom stereocenters. The summed E-state index contributed by atoms with van der Waals surface area (Å²) in [6, 6.07) is 0. The van der Waals surface area contributed by atoms with Crippen molar-refractivity contribution in [1.82, 2.24) is 0 Å². The molecule has 18 heavy (non-hydrogen) atoms. The van der Waals surface area contributed by atoms with E-state index in [4.69, 9.17) is 19.7 Å². The molecule has 0 aromatic carbocycles. The smallest absolute Gasteiger partial charge is 0.364 e. The van der Waals surface area contributed by atoms with E-state index < -0.39 is 8.80 Å². The lowest BCUT2D eigenvalue weighted by molar-refractivity contribution is 0.0505. The van der Waals surface area contributed by atoms with Crippen molar-refractivity contribution in [3.63, 3.8) is 0 Å². The lowest BCUT2D eigenvalue weighted by Gasteiger charge is -2.27. The predicted octanol–water partition coefficient (Wildman–Crippen LogP) is 3.12. The van der Waals surface area contributed by atoms with Gasteiger partial charge in [-0.3, -0.25) is 0 Å². The Morgan fingerprint density at radius 2 is 1.06 bits per heavy atom. The highest BCUT2D eigenvalue weighted by molar-refractivity contribution is 6.69. The molecule has 0 aliphatic carbocycles. The molecule has 0 fully saturated rings. The SMILES string of the molecule is C#C[Si](OCC(C)C)(OCC(C)C)OCC(C)C. The third-order valence-corrected chi connectivity index (χ3v) is 3.99. The van der Waals surface area contributed by atoms with Crippen LogP contribution in [-0.2, 0) is 13.3 Å². The van der Waals surface area contributed by atoms with Crippen molar-refractivity contribution < 1.29 is 13.3 Å². The first kappa shape index (κ1) is 17.7. The van der Waals surface area contributed by atoms with Crippen LogP contribution >= 0.6 is 0 Å². The summed E-state index contributed by atoms with van der Waals surface area (Å²) in [5.74, 6) is 1.24. The molecule has 0 aliphatic rings.